The number of benzene rings is 2. The summed E-state index contributed by atoms with van der Waals surface area (Å²) in [5.41, 5.74) is 4.62. The van der Waals surface area contributed by atoms with Crippen molar-refractivity contribution in [2.45, 2.75) is 19.6 Å². The van der Waals surface area contributed by atoms with Crippen molar-refractivity contribution in [3.8, 4) is 0 Å². The number of rotatable bonds is 6. The zero-order valence-electron chi connectivity index (χ0n) is 14.0. The smallest absolute Gasteiger partial charge is 0.0949 e. The van der Waals surface area contributed by atoms with Gasteiger partial charge >= 0.3 is 0 Å². The van der Waals surface area contributed by atoms with E-state index >= 15 is 0 Å². The Balaban J connectivity index is 1.38. The second kappa shape index (κ2) is 7.54. The van der Waals surface area contributed by atoms with E-state index in [1.165, 1.54) is 11.1 Å². The van der Waals surface area contributed by atoms with E-state index in [2.05, 4.69) is 50.2 Å². The van der Waals surface area contributed by atoms with Crippen molar-refractivity contribution < 1.29 is 0 Å². The van der Waals surface area contributed by atoms with Crippen molar-refractivity contribution in [1.82, 2.24) is 19.9 Å². The molecule has 0 radical (unpaired) electrons. The van der Waals surface area contributed by atoms with Crippen molar-refractivity contribution >= 4 is 34.1 Å². The van der Waals surface area contributed by atoms with Crippen LogP contribution in [0.2, 0.25) is 10.0 Å². The van der Waals surface area contributed by atoms with E-state index in [1.54, 1.807) is 6.20 Å². The third-order valence-electron chi connectivity index (χ3n) is 4.28. The van der Waals surface area contributed by atoms with Crippen LogP contribution in [0.25, 0.3) is 10.9 Å². The lowest BCUT2D eigenvalue weighted by Crippen LogP contribution is -2.13. The van der Waals surface area contributed by atoms with Crippen molar-refractivity contribution in [2.24, 2.45) is 0 Å². The minimum absolute atomic E-state index is 0.565. The molecule has 132 valence electrons. The van der Waals surface area contributed by atoms with Crippen LogP contribution in [-0.2, 0) is 19.6 Å². The maximum absolute atomic E-state index is 6.08. The molecule has 0 spiro atoms. The number of nitrogens with one attached hydrogen (secondary N) is 2. The quantitative estimate of drug-likeness (QED) is 0.490. The molecule has 4 aromatic rings. The largest absolute Gasteiger partial charge is 0.357 e. The normalized spacial score (nSPS) is 11.3. The number of halogens is 2. The monoisotopic (exact) mass is 384 g/mol. The Labute approximate surface area is 161 Å². The third kappa shape index (κ3) is 3.93. The minimum Gasteiger partial charge on any atom is -0.357 e. The van der Waals surface area contributed by atoms with Crippen LogP contribution in [0, 0.1) is 0 Å². The lowest BCUT2D eigenvalue weighted by atomic mass is 10.1. The highest BCUT2D eigenvalue weighted by Crippen LogP contribution is 2.28. The Hall–Kier alpha value is -2.27. The number of aromatic nitrogens is 3. The van der Waals surface area contributed by atoms with Crippen LogP contribution in [0.5, 0.6) is 0 Å². The summed E-state index contributed by atoms with van der Waals surface area (Å²) in [5, 5.41) is 5.69. The first-order valence-electron chi connectivity index (χ1n) is 8.38. The summed E-state index contributed by atoms with van der Waals surface area (Å²) >= 11 is 12.2. The average molecular weight is 385 g/mol. The molecule has 2 heterocycles. The van der Waals surface area contributed by atoms with Crippen LogP contribution in [-0.4, -0.2) is 14.5 Å². The van der Waals surface area contributed by atoms with Crippen LogP contribution in [0.4, 0.5) is 0 Å². The molecular formula is C20H18Cl2N4. The Morgan fingerprint density at radius 2 is 1.85 bits per heavy atom. The van der Waals surface area contributed by atoms with Gasteiger partial charge in [0.25, 0.3) is 0 Å². The maximum Gasteiger partial charge on any atom is 0.0949 e. The molecule has 26 heavy (non-hydrogen) atoms. The summed E-state index contributed by atoms with van der Waals surface area (Å²) in [4.78, 5) is 7.46. The van der Waals surface area contributed by atoms with Crippen molar-refractivity contribution in [1.29, 1.82) is 0 Å². The number of nitrogens with zero attached hydrogens (tertiary/aromatic N) is 2. The van der Waals surface area contributed by atoms with Gasteiger partial charge in [0.15, 0.2) is 0 Å². The van der Waals surface area contributed by atoms with Gasteiger partial charge in [0, 0.05) is 48.6 Å². The van der Waals surface area contributed by atoms with Gasteiger partial charge in [-0.2, -0.15) is 0 Å². The molecule has 0 bridgehead atoms. The van der Waals surface area contributed by atoms with Gasteiger partial charge in [-0.1, -0.05) is 47.5 Å². The zero-order valence-corrected chi connectivity index (χ0v) is 15.6. The van der Waals surface area contributed by atoms with Crippen molar-refractivity contribution in [2.75, 3.05) is 0 Å². The summed E-state index contributed by atoms with van der Waals surface area (Å²) in [6.07, 6.45) is 5.60. The molecule has 0 atom stereocenters. The van der Waals surface area contributed by atoms with Gasteiger partial charge in [-0.25, -0.2) is 4.98 Å². The molecule has 0 amide bonds. The molecule has 2 aromatic carbocycles. The zero-order chi connectivity index (χ0) is 17.9. The molecule has 0 saturated carbocycles. The van der Waals surface area contributed by atoms with Crippen LogP contribution >= 0.6 is 23.2 Å². The van der Waals surface area contributed by atoms with Gasteiger partial charge in [-0.15, -0.1) is 0 Å². The predicted molar refractivity (Wildman–Crippen MR) is 107 cm³/mol. The Morgan fingerprint density at radius 3 is 2.69 bits per heavy atom. The van der Waals surface area contributed by atoms with Crippen LogP contribution in [0.15, 0.2) is 61.2 Å². The lowest BCUT2D eigenvalue weighted by Gasteiger charge is -2.07. The number of hydrogen-bond donors (Lipinski definition) is 2. The molecule has 0 aliphatic rings. The number of imidazole rings is 1. The molecule has 4 rings (SSSR count). The van der Waals surface area contributed by atoms with Gasteiger partial charge in [0.2, 0.25) is 0 Å². The molecular weight excluding hydrogens is 367 g/mol. The van der Waals surface area contributed by atoms with Gasteiger partial charge in [0.1, 0.15) is 0 Å². The molecule has 2 N–H and O–H groups in total. The first kappa shape index (κ1) is 17.2. The van der Waals surface area contributed by atoms with Crippen LogP contribution < -0.4 is 5.32 Å². The Kier molecular flexibility index (Phi) is 4.98. The molecule has 0 aliphatic heterocycles. The van der Waals surface area contributed by atoms with Crippen molar-refractivity contribution in [3.63, 3.8) is 0 Å². The molecule has 0 fully saturated rings. The van der Waals surface area contributed by atoms with E-state index in [4.69, 9.17) is 23.2 Å². The highest BCUT2D eigenvalue weighted by Gasteiger charge is 2.05. The number of H-pyrrole nitrogens is 1. The fourth-order valence-corrected chi connectivity index (χ4v) is 3.39. The van der Waals surface area contributed by atoms with E-state index in [9.17, 15) is 0 Å². The summed E-state index contributed by atoms with van der Waals surface area (Å²) < 4.78 is 2.06. The first-order valence-corrected chi connectivity index (χ1v) is 9.14. The average Bonchev–Trinajstić information content (AvgIpc) is 3.25. The Bertz CT molecular complexity index is 983. The van der Waals surface area contributed by atoms with E-state index < -0.39 is 0 Å². The number of fused-ring (bicyclic) bond motifs is 1. The first-order chi connectivity index (χ1) is 12.7. The molecule has 6 heteroatoms. The van der Waals surface area contributed by atoms with Gasteiger partial charge < -0.3 is 14.9 Å². The molecule has 0 unspecified atom stereocenters. The van der Waals surface area contributed by atoms with E-state index in [-0.39, 0.29) is 0 Å². The molecule has 0 aliphatic carbocycles. The summed E-state index contributed by atoms with van der Waals surface area (Å²) in [6.45, 7) is 2.38. The fraction of sp³-hybridized carbons (Fsp3) is 0.150. The highest BCUT2D eigenvalue weighted by molar-refractivity contribution is 6.42. The lowest BCUT2D eigenvalue weighted by molar-refractivity contribution is 0.682. The fourth-order valence-electron chi connectivity index (χ4n) is 3.05. The predicted octanol–water partition coefficient (Wildman–Crippen LogP) is 5.01. The third-order valence-corrected chi connectivity index (χ3v) is 5.00. The van der Waals surface area contributed by atoms with Gasteiger partial charge in [0.05, 0.1) is 16.4 Å². The van der Waals surface area contributed by atoms with Crippen molar-refractivity contribution in [3.05, 3.63) is 88.1 Å². The molecule has 4 nitrogen and oxygen atoms in total. The molecule has 2 aromatic heterocycles. The topological polar surface area (TPSA) is 45.6 Å². The second-order valence-electron chi connectivity index (χ2n) is 6.31. The summed E-state index contributed by atoms with van der Waals surface area (Å²) in [7, 11) is 0. The van der Waals surface area contributed by atoms with E-state index in [0.29, 0.717) is 10.0 Å². The number of hydrogen-bond acceptors (Lipinski definition) is 2. The van der Waals surface area contributed by atoms with E-state index in [1.807, 2.05) is 24.7 Å². The SMILES string of the molecule is Clc1cc2cc(CNCc3cccc(Cn4ccnc4)c3)[nH]c2cc1Cl. The minimum atomic E-state index is 0.565. The molecule has 0 saturated heterocycles. The summed E-state index contributed by atoms with van der Waals surface area (Å²) in [5.74, 6) is 0. The summed E-state index contributed by atoms with van der Waals surface area (Å²) in [6, 6.07) is 14.4. The second-order valence-corrected chi connectivity index (χ2v) is 7.12. The highest BCUT2D eigenvalue weighted by atomic mass is 35.5. The van der Waals surface area contributed by atoms with Crippen LogP contribution in [0.3, 0.4) is 0 Å². The maximum atomic E-state index is 6.08. The van der Waals surface area contributed by atoms with Gasteiger partial charge in [-0.05, 0) is 29.3 Å². The van der Waals surface area contributed by atoms with E-state index in [0.717, 1.165) is 36.2 Å². The van der Waals surface area contributed by atoms with Gasteiger partial charge in [-0.3, -0.25) is 0 Å². The van der Waals surface area contributed by atoms with Crippen LogP contribution in [0.1, 0.15) is 16.8 Å². The Morgan fingerprint density at radius 1 is 1.00 bits per heavy atom. The standard InChI is InChI=1S/C20H18Cl2N4/c21-18-8-16-7-17(25-20(16)9-19(18)22)11-24-10-14-2-1-3-15(6-14)12-26-5-4-23-13-26/h1-9,13,24-25H,10-12H2. The number of aromatic amines is 1.